The zero-order valence-corrected chi connectivity index (χ0v) is 11.4. The molecule has 1 aromatic carbocycles. The summed E-state index contributed by atoms with van der Waals surface area (Å²) >= 11 is 0. The molecule has 1 aliphatic rings. The van der Waals surface area contributed by atoms with Crippen LogP contribution in [-0.4, -0.2) is 39.8 Å². The van der Waals surface area contributed by atoms with E-state index < -0.39 is 0 Å². The van der Waals surface area contributed by atoms with E-state index in [1.807, 2.05) is 25.2 Å². The highest BCUT2D eigenvalue weighted by Crippen LogP contribution is 2.30. The first-order valence-electron chi connectivity index (χ1n) is 6.46. The number of benzene rings is 1. The molecule has 1 unspecified atom stereocenters. The maximum absolute atomic E-state index is 12.0. The van der Waals surface area contributed by atoms with Gasteiger partial charge in [0.15, 0.2) is 0 Å². The zero-order chi connectivity index (χ0) is 13.7. The van der Waals surface area contributed by atoms with E-state index >= 15 is 0 Å². The van der Waals surface area contributed by atoms with E-state index in [9.17, 15) is 4.79 Å². The second-order valence-electron chi connectivity index (χ2n) is 4.58. The van der Waals surface area contributed by atoms with Crippen molar-refractivity contribution in [3.8, 4) is 11.5 Å². The number of carbonyl (C=O) groups excluding carboxylic acids is 1. The Bertz CT molecular complexity index is 448. The quantitative estimate of drug-likeness (QED) is 0.764. The van der Waals surface area contributed by atoms with Gasteiger partial charge in [-0.1, -0.05) is 0 Å². The lowest BCUT2D eigenvalue weighted by atomic mass is 9.96. The summed E-state index contributed by atoms with van der Waals surface area (Å²) in [6, 6.07) is 5.69. The lowest BCUT2D eigenvalue weighted by Gasteiger charge is -2.25. The van der Waals surface area contributed by atoms with Gasteiger partial charge in [0.05, 0.1) is 13.0 Å². The van der Waals surface area contributed by atoms with Crippen molar-refractivity contribution in [2.45, 2.75) is 6.42 Å². The average molecular weight is 264 g/mol. The van der Waals surface area contributed by atoms with Gasteiger partial charge in [-0.05, 0) is 37.2 Å². The van der Waals surface area contributed by atoms with Crippen LogP contribution in [-0.2, 0) is 11.2 Å². The van der Waals surface area contributed by atoms with Crippen LogP contribution >= 0.6 is 0 Å². The molecule has 2 N–H and O–H groups in total. The highest BCUT2D eigenvalue weighted by molar-refractivity contribution is 5.79. The summed E-state index contributed by atoms with van der Waals surface area (Å²) in [4.78, 5) is 12.0. The highest BCUT2D eigenvalue weighted by Gasteiger charge is 2.25. The average Bonchev–Trinajstić information content (AvgIpc) is 2.46. The van der Waals surface area contributed by atoms with Gasteiger partial charge in [-0.25, -0.2) is 0 Å². The van der Waals surface area contributed by atoms with Gasteiger partial charge in [-0.2, -0.15) is 0 Å². The molecule has 0 spiro atoms. The van der Waals surface area contributed by atoms with Crippen molar-refractivity contribution in [2.24, 2.45) is 5.92 Å². The van der Waals surface area contributed by atoms with Crippen LogP contribution in [0.25, 0.3) is 0 Å². The van der Waals surface area contributed by atoms with E-state index in [2.05, 4.69) is 10.6 Å². The molecule has 1 atom stereocenters. The van der Waals surface area contributed by atoms with Crippen LogP contribution in [0.4, 0.5) is 0 Å². The summed E-state index contributed by atoms with van der Waals surface area (Å²) in [6.45, 7) is 1.84. The number of hydrogen-bond acceptors (Lipinski definition) is 4. The van der Waals surface area contributed by atoms with E-state index in [-0.39, 0.29) is 11.8 Å². The first-order valence-corrected chi connectivity index (χ1v) is 6.46. The van der Waals surface area contributed by atoms with E-state index in [0.717, 1.165) is 23.6 Å². The second kappa shape index (κ2) is 6.43. The number of likely N-dealkylation sites (N-methyl/N-ethyl adjacent to an activating group) is 1. The molecular formula is C14H20N2O3. The predicted octanol–water partition coefficient (Wildman–Crippen LogP) is 0.582. The SMILES string of the molecule is CNCCNC(=O)C1COc2ccc(OC)cc2C1. The third kappa shape index (κ3) is 3.38. The number of carbonyl (C=O) groups is 1. The van der Waals surface area contributed by atoms with Crippen LogP contribution in [0.15, 0.2) is 18.2 Å². The van der Waals surface area contributed by atoms with Gasteiger partial charge in [-0.15, -0.1) is 0 Å². The first-order chi connectivity index (χ1) is 9.24. The fourth-order valence-electron chi connectivity index (χ4n) is 2.12. The van der Waals surface area contributed by atoms with Crippen molar-refractivity contribution in [1.82, 2.24) is 10.6 Å². The largest absolute Gasteiger partial charge is 0.497 e. The number of rotatable bonds is 5. The van der Waals surface area contributed by atoms with E-state index in [0.29, 0.717) is 19.6 Å². The van der Waals surface area contributed by atoms with Crippen LogP contribution in [0, 0.1) is 5.92 Å². The minimum Gasteiger partial charge on any atom is -0.497 e. The molecule has 1 heterocycles. The minimum atomic E-state index is -0.128. The van der Waals surface area contributed by atoms with Crippen molar-refractivity contribution in [2.75, 3.05) is 33.9 Å². The monoisotopic (exact) mass is 264 g/mol. The predicted molar refractivity (Wildman–Crippen MR) is 72.6 cm³/mol. The summed E-state index contributed by atoms with van der Waals surface area (Å²) in [5.41, 5.74) is 1.03. The normalized spacial score (nSPS) is 17.3. The molecule has 104 valence electrons. The van der Waals surface area contributed by atoms with Crippen molar-refractivity contribution in [3.63, 3.8) is 0 Å². The minimum absolute atomic E-state index is 0.0451. The fourth-order valence-corrected chi connectivity index (χ4v) is 2.12. The molecule has 2 rings (SSSR count). The molecular weight excluding hydrogens is 244 g/mol. The third-order valence-corrected chi connectivity index (χ3v) is 3.22. The molecule has 0 aromatic heterocycles. The van der Waals surface area contributed by atoms with Gasteiger partial charge in [0, 0.05) is 13.1 Å². The standard InChI is InChI=1S/C14H20N2O3/c1-15-5-6-16-14(17)11-7-10-8-12(18-2)3-4-13(10)19-9-11/h3-4,8,11,15H,5-7,9H2,1-2H3,(H,16,17). The number of ether oxygens (including phenoxy) is 2. The Morgan fingerprint density at radius 1 is 1.47 bits per heavy atom. The van der Waals surface area contributed by atoms with Crippen molar-refractivity contribution < 1.29 is 14.3 Å². The van der Waals surface area contributed by atoms with Crippen LogP contribution < -0.4 is 20.1 Å². The summed E-state index contributed by atoms with van der Waals surface area (Å²) in [7, 11) is 3.49. The van der Waals surface area contributed by atoms with Crippen LogP contribution in [0.5, 0.6) is 11.5 Å². The van der Waals surface area contributed by atoms with Crippen LogP contribution in [0.1, 0.15) is 5.56 Å². The topological polar surface area (TPSA) is 59.6 Å². The molecule has 1 aliphatic heterocycles. The van der Waals surface area contributed by atoms with Gasteiger partial charge in [-0.3, -0.25) is 4.79 Å². The van der Waals surface area contributed by atoms with Gasteiger partial charge in [0.2, 0.25) is 5.91 Å². The number of nitrogens with one attached hydrogen (secondary N) is 2. The molecule has 19 heavy (non-hydrogen) atoms. The van der Waals surface area contributed by atoms with Gasteiger partial charge >= 0.3 is 0 Å². The number of methoxy groups -OCH3 is 1. The molecule has 0 saturated carbocycles. The lowest BCUT2D eigenvalue weighted by molar-refractivity contribution is -0.126. The smallest absolute Gasteiger partial charge is 0.226 e. The highest BCUT2D eigenvalue weighted by atomic mass is 16.5. The molecule has 0 saturated heterocycles. The summed E-state index contributed by atoms with van der Waals surface area (Å²) in [5.74, 6) is 1.55. The Morgan fingerprint density at radius 2 is 2.32 bits per heavy atom. The third-order valence-electron chi connectivity index (χ3n) is 3.22. The van der Waals surface area contributed by atoms with Gasteiger partial charge < -0.3 is 20.1 Å². The van der Waals surface area contributed by atoms with Gasteiger partial charge in [0.25, 0.3) is 0 Å². The van der Waals surface area contributed by atoms with E-state index in [4.69, 9.17) is 9.47 Å². The Labute approximate surface area is 113 Å². The lowest BCUT2D eigenvalue weighted by Crippen LogP contribution is -2.39. The van der Waals surface area contributed by atoms with Gasteiger partial charge in [0.1, 0.15) is 18.1 Å². The molecule has 1 amide bonds. The van der Waals surface area contributed by atoms with E-state index in [1.165, 1.54) is 0 Å². The van der Waals surface area contributed by atoms with Crippen LogP contribution in [0.3, 0.4) is 0 Å². The Kier molecular flexibility index (Phi) is 4.63. The maximum Gasteiger partial charge on any atom is 0.226 e. The molecule has 1 aromatic rings. The Hall–Kier alpha value is -1.75. The summed E-state index contributed by atoms with van der Waals surface area (Å²) < 4.78 is 10.8. The summed E-state index contributed by atoms with van der Waals surface area (Å²) in [6.07, 6.45) is 0.692. The van der Waals surface area contributed by atoms with Crippen molar-refractivity contribution >= 4 is 5.91 Å². The molecule has 0 fully saturated rings. The molecule has 0 radical (unpaired) electrons. The maximum atomic E-state index is 12.0. The molecule has 5 heteroatoms. The fraction of sp³-hybridized carbons (Fsp3) is 0.500. The zero-order valence-electron chi connectivity index (χ0n) is 11.4. The Morgan fingerprint density at radius 3 is 3.05 bits per heavy atom. The van der Waals surface area contributed by atoms with Crippen molar-refractivity contribution in [1.29, 1.82) is 0 Å². The second-order valence-corrected chi connectivity index (χ2v) is 4.58. The van der Waals surface area contributed by atoms with Crippen LogP contribution in [0.2, 0.25) is 0 Å². The summed E-state index contributed by atoms with van der Waals surface area (Å²) in [5, 5.41) is 5.89. The number of fused-ring (bicyclic) bond motifs is 1. The number of hydrogen-bond donors (Lipinski definition) is 2. The van der Waals surface area contributed by atoms with E-state index in [1.54, 1.807) is 7.11 Å². The first kappa shape index (κ1) is 13.7. The molecule has 5 nitrogen and oxygen atoms in total. The van der Waals surface area contributed by atoms with Crippen molar-refractivity contribution in [3.05, 3.63) is 23.8 Å². The number of amides is 1. The molecule has 0 aliphatic carbocycles. The molecule has 0 bridgehead atoms. The Balaban J connectivity index is 1.98.